The number of nitrogens with zero attached hydrogens (tertiary/aromatic N) is 2. The lowest BCUT2D eigenvalue weighted by Gasteiger charge is -2.22. The molecule has 25 heavy (non-hydrogen) atoms. The summed E-state index contributed by atoms with van der Waals surface area (Å²) in [4.78, 5) is 12.2. The van der Waals surface area contributed by atoms with Gasteiger partial charge in [0, 0.05) is 18.4 Å². The number of alkyl halides is 3. The number of carbonyl (C=O) groups excluding carboxylic acids is 1. The lowest BCUT2D eigenvalue weighted by molar-refractivity contribution is -0.137. The maximum absolute atomic E-state index is 12.5. The van der Waals surface area contributed by atoms with Crippen LogP contribution in [-0.4, -0.2) is 28.8 Å². The van der Waals surface area contributed by atoms with Gasteiger partial charge in [-0.1, -0.05) is 0 Å². The molecular formula is C16H18ClF3N4O. The van der Waals surface area contributed by atoms with Crippen LogP contribution in [0, 0.1) is 0 Å². The number of carbonyl (C=O) groups is 1. The van der Waals surface area contributed by atoms with E-state index in [1.807, 2.05) is 0 Å². The number of aromatic nitrogens is 2. The van der Waals surface area contributed by atoms with E-state index in [4.69, 9.17) is 0 Å². The molecule has 0 saturated carbocycles. The number of nitrogens with one attached hydrogen (secondary N) is 2. The molecule has 0 bridgehead atoms. The third-order valence-corrected chi connectivity index (χ3v) is 3.96. The number of hydrogen-bond acceptors (Lipinski definition) is 3. The van der Waals surface area contributed by atoms with Crippen molar-refractivity contribution in [3.8, 4) is 0 Å². The Balaban J connectivity index is 0.00000225. The Labute approximate surface area is 149 Å². The fraction of sp³-hybridized carbons (Fsp3) is 0.375. The molecule has 1 aromatic carbocycles. The van der Waals surface area contributed by atoms with Gasteiger partial charge in [0.25, 0.3) is 5.91 Å². The van der Waals surface area contributed by atoms with Gasteiger partial charge in [0.05, 0.1) is 11.6 Å². The summed E-state index contributed by atoms with van der Waals surface area (Å²) in [7, 11) is 0. The van der Waals surface area contributed by atoms with E-state index in [-0.39, 0.29) is 24.1 Å². The van der Waals surface area contributed by atoms with Gasteiger partial charge in [-0.3, -0.25) is 9.48 Å². The van der Waals surface area contributed by atoms with Crippen molar-refractivity contribution in [1.29, 1.82) is 0 Å². The zero-order valence-corrected chi connectivity index (χ0v) is 14.0. The first-order valence-corrected chi connectivity index (χ1v) is 7.68. The molecule has 1 aliphatic rings. The molecule has 1 amide bonds. The first-order chi connectivity index (χ1) is 11.4. The summed E-state index contributed by atoms with van der Waals surface area (Å²) in [5.41, 5.74) is -0.225. The van der Waals surface area contributed by atoms with Gasteiger partial charge in [0.2, 0.25) is 0 Å². The molecule has 2 aromatic rings. The Hall–Kier alpha value is -2.06. The van der Waals surface area contributed by atoms with Gasteiger partial charge in [-0.2, -0.15) is 18.3 Å². The molecule has 0 spiro atoms. The van der Waals surface area contributed by atoms with Gasteiger partial charge in [-0.05, 0) is 49.7 Å². The minimum atomic E-state index is -4.39. The standard InChI is InChI=1S/C16H17F3N4O.ClH/c17-16(18,19)11-3-5-12(6-4-11)21-15(24)14-7-9-23(22-14)13-2-1-8-20-10-13;/h3-7,9,13,20H,1-2,8,10H2,(H,21,24);1H. The minimum Gasteiger partial charge on any atom is -0.321 e. The molecule has 1 aromatic heterocycles. The van der Waals surface area contributed by atoms with Gasteiger partial charge in [0.1, 0.15) is 0 Å². The molecule has 0 aliphatic carbocycles. The first kappa shape index (κ1) is 19.3. The number of hydrogen-bond donors (Lipinski definition) is 2. The molecule has 2 N–H and O–H groups in total. The summed E-state index contributed by atoms with van der Waals surface area (Å²) in [6.45, 7) is 1.79. The largest absolute Gasteiger partial charge is 0.416 e. The lowest BCUT2D eigenvalue weighted by Crippen LogP contribution is -2.32. The topological polar surface area (TPSA) is 59.0 Å². The van der Waals surface area contributed by atoms with Crippen molar-refractivity contribution in [1.82, 2.24) is 15.1 Å². The van der Waals surface area contributed by atoms with Crippen molar-refractivity contribution in [3.63, 3.8) is 0 Å². The molecule has 1 unspecified atom stereocenters. The third-order valence-electron chi connectivity index (χ3n) is 3.96. The van der Waals surface area contributed by atoms with Crippen LogP contribution in [0.5, 0.6) is 0 Å². The van der Waals surface area contributed by atoms with Gasteiger partial charge in [-0.15, -0.1) is 12.4 Å². The Kier molecular flexibility index (Phi) is 6.07. The molecule has 2 heterocycles. The molecule has 9 heteroatoms. The Morgan fingerprint density at radius 2 is 1.96 bits per heavy atom. The van der Waals surface area contributed by atoms with E-state index >= 15 is 0 Å². The van der Waals surface area contributed by atoms with Crippen LogP contribution in [0.4, 0.5) is 18.9 Å². The van der Waals surface area contributed by atoms with Crippen molar-refractivity contribution >= 4 is 24.0 Å². The second kappa shape index (κ2) is 7.88. The average Bonchev–Trinajstić information content (AvgIpc) is 3.05. The second-order valence-electron chi connectivity index (χ2n) is 5.71. The van der Waals surface area contributed by atoms with Crippen LogP contribution in [0.1, 0.15) is 34.9 Å². The number of rotatable bonds is 3. The summed E-state index contributed by atoms with van der Waals surface area (Å²) < 4.78 is 39.3. The van der Waals surface area contributed by atoms with E-state index in [0.29, 0.717) is 5.69 Å². The van der Waals surface area contributed by atoms with Gasteiger partial charge >= 0.3 is 6.18 Å². The van der Waals surface area contributed by atoms with Crippen LogP contribution >= 0.6 is 12.4 Å². The quantitative estimate of drug-likeness (QED) is 0.864. The number of halogens is 4. The average molecular weight is 375 g/mol. The van der Waals surface area contributed by atoms with Crippen LogP contribution in [0.3, 0.4) is 0 Å². The highest BCUT2D eigenvalue weighted by atomic mass is 35.5. The Morgan fingerprint density at radius 3 is 2.56 bits per heavy atom. The lowest BCUT2D eigenvalue weighted by atomic mass is 10.1. The normalized spacial score (nSPS) is 17.6. The summed E-state index contributed by atoms with van der Waals surface area (Å²) in [6.07, 6.45) is -0.596. The van der Waals surface area contributed by atoms with Crippen molar-refractivity contribution in [2.24, 2.45) is 0 Å². The number of amides is 1. The zero-order chi connectivity index (χ0) is 17.2. The number of benzene rings is 1. The monoisotopic (exact) mass is 374 g/mol. The molecule has 0 radical (unpaired) electrons. The highest BCUT2D eigenvalue weighted by molar-refractivity contribution is 6.02. The molecular weight excluding hydrogens is 357 g/mol. The van der Waals surface area contributed by atoms with Crippen LogP contribution in [0.15, 0.2) is 36.5 Å². The van der Waals surface area contributed by atoms with E-state index in [9.17, 15) is 18.0 Å². The first-order valence-electron chi connectivity index (χ1n) is 7.68. The van der Waals surface area contributed by atoms with Crippen LogP contribution in [-0.2, 0) is 6.18 Å². The fourth-order valence-electron chi connectivity index (χ4n) is 2.66. The molecule has 1 aliphatic heterocycles. The maximum Gasteiger partial charge on any atom is 0.416 e. The number of anilines is 1. The van der Waals surface area contributed by atoms with Crippen molar-refractivity contribution < 1.29 is 18.0 Å². The molecule has 3 rings (SSSR count). The molecule has 1 fully saturated rings. The summed E-state index contributed by atoms with van der Waals surface area (Å²) in [6, 6.07) is 6.13. The van der Waals surface area contributed by atoms with Gasteiger partial charge < -0.3 is 10.6 Å². The Morgan fingerprint density at radius 1 is 1.24 bits per heavy atom. The highest BCUT2D eigenvalue weighted by Crippen LogP contribution is 2.29. The molecule has 1 atom stereocenters. The van der Waals surface area contributed by atoms with Gasteiger partial charge in [0.15, 0.2) is 5.69 Å². The van der Waals surface area contributed by atoms with Crippen molar-refractivity contribution in [2.45, 2.75) is 25.1 Å². The maximum atomic E-state index is 12.5. The fourth-order valence-corrected chi connectivity index (χ4v) is 2.66. The van der Waals surface area contributed by atoms with Gasteiger partial charge in [-0.25, -0.2) is 0 Å². The van der Waals surface area contributed by atoms with Crippen molar-refractivity contribution in [2.75, 3.05) is 18.4 Å². The van der Waals surface area contributed by atoms with E-state index in [1.165, 1.54) is 12.1 Å². The van der Waals surface area contributed by atoms with Crippen LogP contribution < -0.4 is 10.6 Å². The van der Waals surface area contributed by atoms with E-state index in [2.05, 4.69) is 15.7 Å². The minimum absolute atomic E-state index is 0. The summed E-state index contributed by atoms with van der Waals surface area (Å²) in [5, 5.41) is 10.1. The molecule has 136 valence electrons. The third kappa shape index (κ3) is 4.73. The molecule has 1 saturated heterocycles. The zero-order valence-electron chi connectivity index (χ0n) is 13.2. The predicted molar refractivity (Wildman–Crippen MR) is 90.0 cm³/mol. The summed E-state index contributed by atoms with van der Waals surface area (Å²) >= 11 is 0. The number of piperidine rings is 1. The van der Waals surface area contributed by atoms with E-state index in [0.717, 1.165) is 38.1 Å². The smallest absolute Gasteiger partial charge is 0.321 e. The SMILES string of the molecule is Cl.O=C(Nc1ccc(C(F)(F)F)cc1)c1ccn(C2CCCNC2)n1. The van der Waals surface area contributed by atoms with E-state index < -0.39 is 17.6 Å². The van der Waals surface area contributed by atoms with Crippen LogP contribution in [0.25, 0.3) is 0 Å². The molecule has 5 nitrogen and oxygen atoms in total. The second-order valence-corrected chi connectivity index (χ2v) is 5.71. The Bertz CT molecular complexity index is 709. The predicted octanol–water partition coefficient (Wildman–Crippen LogP) is 3.50. The summed E-state index contributed by atoms with van der Waals surface area (Å²) in [5.74, 6) is -0.447. The van der Waals surface area contributed by atoms with Crippen LogP contribution in [0.2, 0.25) is 0 Å². The van der Waals surface area contributed by atoms with Crippen molar-refractivity contribution in [3.05, 3.63) is 47.8 Å². The van der Waals surface area contributed by atoms with E-state index in [1.54, 1.807) is 16.9 Å². The highest BCUT2D eigenvalue weighted by Gasteiger charge is 2.30.